The fourth-order valence-electron chi connectivity index (χ4n) is 3.93. The molecule has 29 heavy (non-hydrogen) atoms. The quantitative estimate of drug-likeness (QED) is 0.622. The second-order valence-electron chi connectivity index (χ2n) is 7.12. The van der Waals surface area contributed by atoms with E-state index >= 15 is 0 Å². The van der Waals surface area contributed by atoms with Crippen molar-refractivity contribution in [2.45, 2.75) is 38.6 Å². The minimum atomic E-state index is -0.302. The highest BCUT2D eigenvalue weighted by Gasteiger charge is 2.24. The third kappa shape index (κ3) is 4.12. The minimum Gasteiger partial charge on any atom is -0.399 e. The van der Waals surface area contributed by atoms with E-state index in [1.54, 1.807) is 23.0 Å². The molecule has 0 fully saturated rings. The van der Waals surface area contributed by atoms with Crippen LogP contribution in [0.4, 0.5) is 10.1 Å². The van der Waals surface area contributed by atoms with Gasteiger partial charge in [0.15, 0.2) is 0 Å². The van der Waals surface area contributed by atoms with Crippen molar-refractivity contribution < 1.29 is 9.18 Å². The van der Waals surface area contributed by atoms with Gasteiger partial charge in [-0.1, -0.05) is 13.0 Å². The number of benzene rings is 2. The van der Waals surface area contributed by atoms with Gasteiger partial charge in [0.2, 0.25) is 0 Å². The molecule has 0 saturated carbocycles. The van der Waals surface area contributed by atoms with Crippen LogP contribution in [0, 0.1) is 5.82 Å². The summed E-state index contributed by atoms with van der Waals surface area (Å²) in [6.07, 6.45) is 5.12. The molecule has 1 amide bonds. The number of halogens is 2. The highest BCUT2D eigenvalue weighted by Crippen LogP contribution is 2.31. The standard InChI is InChI=1S/C22H23FN4O.ClH/c1-2-21-19(13-25-27(21)17-9-6-15(23)7-10-17)22(28)26-20-5-3-4-14-12-16(24)8-11-18(14)20;/h6-13,20H,2-5,24H2,1H3,(H,26,28);1H. The van der Waals surface area contributed by atoms with Crippen molar-refractivity contribution >= 4 is 24.0 Å². The number of hydrogen-bond donors (Lipinski definition) is 2. The number of nitrogens with two attached hydrogens (primary N) is 1. The van der Waals surface area contributed by atoms with Crippen LogP contribution >= 0.6 is 12.4 Å². The van der Waals surface area contributed by atoms with Crippen molar-refractivity contribution in [3.8, 4) is 5.69 Å². The lowest BCUT2D eigenvalue weighted by Crippen LogP contribution is -2.31. The highest BCUT2D eigenvalue weighted by molar-refractivity contribution is 5.95. The zero-order valence-electron chi connectivity index (χ0n) is 16.2. The van der Waals surface area contributed by atoms with Crippen LogP contribution in [-0.2, 0) is 12.8 Å². The van der Waals surface area contributed by atoms with Crippen LogP contribution in [-0.4, -0.2) is 15.7 Å². The molecule has 5 nitrogen and oxygen atoms in total. The molecule has 152 valence electrons. The first-order chi connectivity index (χ1) is 13.6. The molecule has 1 unspecified atom stereocenters. The summed E-state index contributed by atoms with van der Waals surface area (Å²) < 4.78 is 14.9. The predicted molar refractivity (Wildman–Crippen MR) is 114 cm³/mol. The molecule has 3 N–H and O–H groups in total. The number of anilines is 1. The largest absolute Gasteiger partial charge is 0.399 e. The van der Waals surface area contributed by atoms with E-state index in [9.17, 15) is 9.18 Å². The summed E-state index contributed by atoms with van der Waals surface area (Å²) in [6, 6.07) is 12.0. The lowest BCUT2D eigenvalue weighted by Gasteiger charge is -2.26. The number of nitrogen functional groups attached to an aromatic ring is 1. The van der Waals surface area contributed by atoms with Gasteiger partial charge in [0, 0.05) is 5.69 Å². The number of hydrogen-bond acceptors (Lipinski definition) is 3. The molecule has 0 spiro atoms. The van der Waals surface area contributed by atoms with Gasteiger partial charge >= 0.3 is 0 Å². The zero-order valence-corrected chi connectivity index (χ0v) is 17.0. The highest BCUT2D eigenvalue weighted by atomic mass is 35.5. The van der Waals surface area contributed by atoms with Crippen LogP contribution in [0.3, 0.4) is 0 Å². The summed E-state index contributed by atoms with van der Waals surface area (Å²) >= 11 is 0. The van der Waals surface area contributed by atoms with E-state index in [1.165, 1.54) is 17.7 Å². The lowest BCUT2D eigenvalue weighted by atomic mass is 9.87. The number of aryl methyl sites for hydroxylation is 1. The molecule has 1 aromatic heterocycles. The minimum absolute atomic E-state index is 0. The maximum absolute atomic E-state index is 13.2. The fourth-order valence-corrected chi connectivity index (χ4v) is 3.93. The Kier molecular flexibility index (Phi) is 6.23. The Balaban J connectivity index is 0.00000240. The second kappa shape index (κ2) is 8.66. The summed E-state index contributed by atoms with van der Waals surface area (Å²) in [5.41, 5.74) is 11.1. The van der Waals surface area contributed by atoms with Crippen molar-refractivity contribution in [3.05, 3.63) is 76.9 Å². The number of nitrogens with zero attached hydrogens (tertiary/aromatic N) is 2. The van der Waals surface area contributed by atoms with Gasteiger partial charge in [-0.15, -0.1) is 12.4 Å². The smallest absolute Gasteiger partial charge is 0.255 e. The monoisotopic (exact) mass is 414 g/mol. The van der Waals surface area contributed by atoms with E-state index in [-0.39, 0.29) is 30.2 Å². The van der Waals surface area contributed by atoms with Crippen LogP contribution in [0.15, 0.2) is 48.7 Å². The third-order valence-corrected chi connectivity index (χ3v) is 5.31. The van der Waals surface area contributed by atoms with Crippen LogP contribution in [0.1, 0.15) is 53.0 Å². The first kappa shape index (κ1) is 20.9. The Bertz CT molecular complexity index is 1020. The Labute approximate surface area is 175 Å². The Morgan fingerprint density at radius 3 is 2.76 bits per heavy atom. The molecular formula is C22H24ClFN4O. The van der Waals surface area contributed by atoms with Crippen molar-refractivity contribution in [1.82, 2.24) is 15.1 Å². The summed E-state index contributed by atoms with van der Waals surface area (Å²) in [5.74, 6) is -0.441. The van der Waals surface area contributed by atoms with Gasteiger partial charge in [-0.2, -0.15) is 5.10 Å². The summed E-state index contributed by atoms with van der Waals surface area (Å²) in [4.78, 5) is 13.0. The van der Waals surface area contributed by atoms with E-state index in [2.05, 4.69) is 10.4 Å². The summed E-state index contributed by atoms with van der Waals surface area (Å²) in [7, 11) is 0. The van der Waals surface area contributed by atoms with Crippen molar-refractivity contribution in [2.75, 3.05) is 5.73 Å². The van der Waals surface area contributed by atoms with Gasteiger partial charge in [0.05, 0.1) is 29.2 Å². The van der Waals surface area contributed by atoms with Gasteiger partial charge in [0.25, 0.3) is 5.91 Å². The lowest BCUT2D eigenvalue weighted by molar-refractivity contribution is 0.0932. The molecule has 3 aromatic rings. The molecule has 1 aliphatic rings. The van der Waals surface area contributed by atoms with E-state index in [0.29, 0.717) is 12.0 Å². The molecule has 4 rings (SSSR count). The maximum Gasteiger partial charge on any atom is 0.255 e. The molecule has 2 aromatic carbocycles. The van der Waals surface area contributed by atoms with E-state index in [1.807, 2.05) is 25.1 Å². The zero-order chi connectivity index (χ0) is 19.7. The Morgan fingerprint density at radius 2 is 2.03 bits per heavy atom. The van der Waals surface area contributed by atoms with Crippen molar-refractivity contribution in [3.63, 3.8) is 0 Å². The predicted octanol–water partition coefficient (Wildman–Crippen LogP) is 4.39. The van der Waals surface area contributed by atoms with E-state index < -0.39 is 0 Å². The molecule has 1 aliphatic carbocycles. The number of aromatic nitrogens is 2. The number of carbonyl (C=O) groups excluding carboxylic acids is 1. The number of nitrogens with one attached hydrogen (secondary N) is 1. The molecule has 0 radical (unpaired) electrons. The average molecular weight is 415 g/mol. The molecule has 0 aliphatic heterocycles. The van der Waals surface area contributed by atoms with Crippen LogP contribution in [0.2, 0.25) is 0 Å². The molecule has 0 saturated heterocycles. The number of amides is 1. The molecular weight excluding hydrogens is 391 g/mol. The first-order valence-corrected chi connectivity index (χ1v) is 9.59. The Morgan fingerprint density at radius 1 is 1.28 bits per heavy atom. The van der Waals surface area contributed by atoms with Gasteiger partial charge in [-0.3, -0.25) is 4.79 Å². The fraction of sp³-hybridized carbons (Fsp3) is 0.273. The SMILES string of the molecule is CCc1c(C(=O)NC2CCCc3cc(N)ccc32)cnn1-c1ccc(F)cc1.Cl. The molecule has 1 atom stereocenters. The van der Waals surface area contributed by atoms with E-state index in [0.717, 1.165) is 41.9 Å². The molecule has 0 bridgehead atoms. The Hall–Kier alpha value is -2.86. The van der Waals surface area contributed by atoms with E-state index in [4.69, 9.17) is 5.73 Å². The summed E-state index contributed by atoms with van der Waals surface area (Å²) in [5, 5.41) is 7.54. The van der Waals surface area contributed by atoms with Gasteiger partial charge < -0.3 is 11.1 Å². The average Bonchev–Trinajstić information content (AvgIpc) is 3.12. The number of fused-ring (bicyclic) bond motifs is 1. The normalized spacial score (nSPS) is 15.3. The molecule has 7 heteroatoms. The van der Waals surface area contributed by atoms with Crippen LogP contribution in [0.5, 0.6) is 0 Å². The van der Waals surface area contributed by atoms with Crippen molar-refractivity contribution in [2.24, 2.45) is 0 Å². The van der Waals surface area contributed by atoms with Gasteiger partial charge in [-0.25, -0.2) is 9.07 Å². The summed E-state index contributed by atoms with van der Waals surface area (Å²) in [6.45, 7) is 1.98. The second-order valence-corrected chi connectivity index (χ2v) is 7.12. The number of rotatable bonds is 4. The first-order valence-electron chi connectivity index (χ1n) is 9.59. The van der Waals surface area contributed by atoms with Gasteiger partial charge in [-0.05, 0) is 73.2 Å². The van der Waals surface area contributed by atoms with Crippen molar-refractivity contribution in [1.29, 1.82) is 0 Å². The number of carbonyl (C=O) groups is 1. The van der Waals surface area contributed by atoms with Crippen LogP contribution < -0.4 is 11.1 Å². The third-order valence-electron chi connectivity index (χ3n) is 5.31. The topological polar surface area (TPSA) is 72.9 Å². The van der Waals surface area contributed by atoms with Crippen LogP contribution in [0.25, 0.3) is 5.69 Å². The van der Waals surface area contributed by atoms with Gasteiger partial charge in [0.1, 0.15) is 5.82 Å². The maximum atomic E-state index is 13.2. The molecule has 1 heterocycles.